The number of nitrogens with zero attached hydrogens (tertiary/aromatic N) is 1. The monoisotopic (exact) mass is 232 g/mol. The highest BCUT2D eigenvalue weighted by molar-refractivity contribution is 5.13. The minimum absolute atomic E-state index is 0.405. The zero-order chi connectivity index (χ0) is 12.3. The lowest BCUT2D eigenvalue weighted by atomic mass is 9.75. The first-order valence-corrected chi connectivity index (χ1v) is 6.73. The molecule has 1 heterocycles. The van der Waals surface area contributed by atoms with Crippen LogP contribution in [0.2, 0.25) is 0 Å². The summed E-state index contributed by atoms with van der Waals surface area (Å²) in [5, 5.41) is 3.75. The fourth-order valence-corrected chi connectivity index (χ4v) is 2.92. The minimum Gasteiger partial charge on any atom is -0.307 e. The van der Waals surface area contributed by atoms with Gasteiger partial charge in [-0.05, 0) is 43.2 Å². The van der Waals surface area contributed by atoms with E-state index in [0.29, 0.717) is 17.5 Å². The van der Waals surface area contributed by atoms with Crippen molar-refractivity contribution in [1.82, 2.24) is 10.3 Å². The van der Waals surface area contributed by atoms with Gasteiger partial charge in [-0.3, -0.25) is 4.98 Å². The van der Waals surface area contributed by atoms with E-state index in [9.17, 15) is 0 Å². The molecule has 0 aromatic carbocycles. The third-order valence-electron chi connectivity index (χ3n) is 3.88. The van der Waals surface area contributed by atoms with Gasteiger partial charge < -0.3 is 5.32 Å². The quantitative estimate of drug-likeness (QED) is 0.859. The first-order chi connectivity index (χ1) is 8.07. The number of hydrogen-bond donors (Lipinski definition) is 1. The van der Waals surface area contributed by atoms with Crippen LogP contribution < -0.4 is 5.32 Å². The minimum atomic E-state index is 0.405. The molecule has 1 unspecified atom stereocenters. The van der Waals surface area contributed by atoms with E-state index in [1.165, 1.54) is 31.2 Å². The van der Waals surface area contributed by atoms with E-state index in [-0.39, 0.29) is 0 Å². The molecule has 2 rings (SSSR count). The maximum absolute atomic E-state index is 4.19. The van der Waals surface area contributed by atoms with Crippen LogP contribution in [0.25, 0.3) is 0 Å². The molecule has 1 N–H and O–H groups in total. The Balaban J connectivity index is 1.93. The van der Waals surface area contributed by atoms with Crippen LogP contribution in [-0.4, -0.2) is 11.0 Å². The van der Waals surface area contributed by atoms with Crippen molar-refractivity contribution in [3.63, 3.8) is 0 Å². The molecule has 2 heteroatoms. The lowest BCUT2D eigenvalue weighted by Gasteiger charge is -2.37. The number of rotatable bonds is 3. The second-order valence-electron chi connectivity index (χ2n) is 6.13. The Morgan fingerprint density at radius 3 is 2.94 bits per heavy atom. The Morgan fingerprint density at radius 2 is 2.29 bits per heavy atom. The largest absolute Gasteiger partial charge is 0.307 e. The average Bonchev–Trinajstić information content (AvgIpc) is 2.29. The summed E-state index contributed by atoms with van der Waals surface area (Å²) in [6.45, 7) is 7.00. The summed E-state index contributed by atoms with van der Waals surface area (Å²) < 4.78 is 0. The van der Waals surface area contributed by atoms with Crippen LogP contribution in [-0.2, 0) is 0 Å². The van der Waals surface area contributed by atoms with E-state index in [2.05, 4.69) is 37.1 Å². The third-order valence-corrected chi connectivity index (χ3v) is 3.88. The summed E-state index contributed by atoms with van der Waals surface area (Å²) >= 11 is 0. The van der Waals surface area contributed by atoms with Crippen molar-refractivity contribution in [3.8, 4) is 0 Å². The van der Waals surface area contributed by atoms with Crippen LogP contribution in [0.4, 0.5) is 0 Å². The summed E-state index contributed by atoms with van der Waals surface area (Å²) in [4.78, 5) is 4.19. The van der Waals surface area contributed by atoms with Crippen molar-refractivity contribution in [2.75, 3.05) is 0 Å². The highest BCUT2D eigenvalue weighted by Crippen LogP contribution is 2.35. The van der Waals surface area contributed by atoms with Crippen LogP contribution in [0.3, 0.4) is 0 Å². The Morgan fingerprint density at radius 1 is 1.47 bits per heavy atom. The summed E-state index contributed by atoms with van der Waals surface area (Å²) in [5.74, 6) is 0. The molecular formula is C15H24N2. The zero-order valence-electron chi connectivity index (χ0n) is 11.2. The van der Waals surface area contributed by atoms with E-state index >= 15 is 0 Å². The van der Waals surface area contributed by atoms with Crippen molar-refractivity contribution in [3.05, 3.63) is 30.1 Å². The van der Waals surface area contributed by atoms with Crippen molar-refractivity contribution in [2.24, 2.45) is 5.41 Å². The van der Waals surface area contributed by atoms with Gasteiger partial charge in [-0.15, -0.1) is 0 Å². The van der Waals surface area contributed by atoms with Crippen LogP contribution in [0.15, 0.2) is 24.5 Å². The summed E-state index contributed by atoms with van der Waals surface area (Å²) in [5.41, 5.74) is 1.79. The van der Waals surface area contributed by atoms with Crippen molar-refractivity contribution < 1.29 is 0 Å². The molecule has 0 spiro atoms. The van der Waals surface area contributed by atoms with Gasteiger partial charge in [0.15, 0.2) is 0 Å². The molecule has 1 aromatic rings. The molecule has 1 aromatic heterocycles. The van der Waals surface area contributed by atoms with E-state index in [1.54, 1.807) is 0 Å². The molecule has 0 radical (unpaired) electrons. The van der Waals surface area contributed by atoms with Crippen LogP contribution in [0, 0.1) is 5.41 Å². The fraction of sp³-hybridized carbons (Fsp3) is 0.667. The molecule has 0 amide bonds. The third kappa shape index (κ3) is 3.53. The Hall–Kier alpha value is -0.890. The van der Waals surface area contributed by atoms with Crippen LogP contribution >= 0.6 is 0 Å². The SMILES string of the molecule is C[C@H](NC1CCCC(C)(C)C1)c1cccnc1. The molecule has 0 saturated heterocycles. The normalized spacial score (nSPS) is 25.5. The highest BCUT2D eigenvalue weighted by atomic mass is 14.9. The van der Waals surface area contributed by atoms with E-state index < -0.39 is 0 Å². The lowest BCUT2D eigenvalue weighted by molar-refractivity contribution is 0.191. The maximum Gasteiger partial charge on any atom is 0.0315 e. The second-order valence-corrected chi connectivity index (χ2v) is 6.13. The molecule has 1 fully saturated rings. The van der Waals surface area contributed by atoms with E-state index in [1.807, 2.05) is 18.5 Å². The number of hydrogen-bond acceptors (Lipinski definition) is 2. The number of aromatic nitrogens is 1. The summed E-state index contributed by atoms with van der Waals surface area (Å²) in [6, 6.07) is 5.23. The van der Waals surface area contributed by atoms with Gasteiger partial charge in [0.1, 0.15) is 0 Å². The first kappa shape index (κ1) is 12.6. The fourth-order valence-electron chi connectivity index (χ4n) is 2.92. The van der Waals surface area contributed by atoms with Crippen LogP contribution in [0.5, 0.6) is 0 Å². The maximum atomic E-state index is 4.19. The number of pyridine rings is 1. The Kier molecular flexibility index (Phi) is 3.82. The standard InChI is InChI=1S/C15H24N2/c1-12(13-6-5-9-16-11-13)17-14-7-4-8-15(2,3)10-14/h5-6,9,11-12,14,17H,4,7-8,10H2,1-3H3/t12-,14?/m0/s1. The van der Waals surface area contributed by atoms with Gasteiger partial charge in [0.05, 0.1) is 0 Å². The first-order valence-electron chi connectivity index (χ1n) is 6.73. The van der Waals surface area contributed by atoms with Gasteiger partial charge >= 0.3 is 0 Å². The van der Waals surface area contributed by atoms with Crippen LogP contribution in [0.1, 0.15) is 58.1 Å². The molecule has 0 bridgehead atoms. The molecule has 2 atom stereocenters. The predicted octanol–water partition coefficient (Wildman–Crippen LogP) is 3.70. The molecule has 0 aliphatic heterocycles. The number of nitrogens with one attached hydrogen (secondary N) is 1. The van der Waals surface area contributed by atoms with Crippen molar-refractivity contribution >= 4 is 0 Å². The van der Waals surface area contributed by atoms with E-state index in [0.717, 1.165) is 0 Å². The Bertz CT molecular complexity index is 345. The van der Waals surface area contributed by atoms with Gasteiger partial charge in [0.2, 0.25) is 0 Å². The lowest BCUT2D eigenvalue weighted by Crippen LogP contribution is -2.38. The smallest absolute Gasteiger partial charge is 0.0315 e. The highest BCUT2D eigenvalue weighted by Gasteiger charge is 2.28. The molecule has 94 valence electrons. The second kappa shape index (κ2) is 5.18. The van der Waals surface area contributed by atoms with Gasteiger partial charge in [0.25, 0.3) is 0 Å². The van der Waals surface area contributed by atoms with Gasteiger partial charge in [0, 0.05) is 24.5 Å². The summed E-state index contributed by atoms with van der Waals surface area (Å²) in [6.07, 6.45) is 9.12. The zero-order valence-corrected chi connectivity index (χ0v) is 11.2. The van der Waals surface area contributed by atoms with Crippen molar-refractivity contribution in [2.45, 2.75) is 58.5 Å². The molecule has 1 aliphatic carbocycles. The Labute approximate surface area is 105 Å². The average molecular weight is 232 g/mol. The van der Waals surface area contributed by atoms with Gasteiger partial charge in [-0.2, -0.15) is 0 Å². The summed E-state index contributed by atoms with van der Waals surface area (Å²) in [7, 11) is 0. The molecule has 2 nitrogen and oxygen atoms in total. The van der Waals surface area contributed by atoms with Gasteiger partial charge in [-0.25, -0.2) is 0 Å². The van der Waals surface area contributed by atoms with Gasteiger partial charge in [-0.1, -0.05) is 26.3 Å². The molecular weight excluding hydrogens is 208 g/mol. The molecule has 17 heavy (non-hydrogen) atoms. The van der Waals surface area contributed by atoms with E-state index in [4.69, 9.17) is 0 Å². The van der Waals surface area contributed by atoms with Crippen molar-refractivity contribution in [1.29, 1.82) is 0 Å². The topological polar surface area (TPSA) is 24.9 Å². The predicted molar refractivity (Wildman–Crippen MR) is 71.8 cm³/mol. The molecule has 1 saturated carbocycles. The molecule has 1 aliphatic rings.